The van der Waals surface area contributed by atoms with E-state index in [1.54, 1.807) is 0 Å². The van der Waals surface area contributed by atoms with E-state index in [9.17, 15) is 0 Å². The topological polar surface area (TPSA) is 39.7 Å². The molecular weight excluding hydrogens is 234 g/mol. The van der Waals surface area contributed by atoms with Crippen LogP contribution in [0.4, 0.5) is 0 Å². The fourth-order valence-corrected chi connectivity index (χ4v) is 4.30. The number of rotatable bonds is 10. The Labute approximate surface area is 107 Å². The van der Waals surface area contributed by atoms with Crippen LogP contribution < -0.4 is 4.98 Å². The predicted octanol–water partition coefficient (Wildman–Crippen LogP) is 2.70. The van der Waals surface area contributed by atoms with Gasteiger partial charge in [0.15, 0.2) is 0 Å². The fraction of sp³-hybridized carbons (Fsp3) is 1.00. The van der Waals surface area contributed by atoms with E-state index in [-0.39, 0.29) is 5.54 Å². The molecule has 0 aromatic heterocycles. The highest BCUT2D eigenvalue weighted by Crippen LogP contribution is 2.19. The van der Waals surface area contributed by atoms with Gasteiger partial charge in [0.25, 0.3) is 0 Å². The lowest BCUT2D eigenvalue weighted by molar-refractivity contribution is 0.0483. The van der Waals surface area contributed by atoms with Crippen molar-refractivity contribution in [2.75, 3.05) is 19.8 Å². The molecule has 0 atom stereocenters. The van der Waals surface area contributed by atoms with E-state index < -0.39 is 8.97 Å². The quantitative estimate of drug-likeness (QED) is 0.615. The summed E-state index contributed by atoms with van der Waals surface area (Å²) >= 11 is 0. The molecule has 0 radical (unpaired) electrons. The van der Waals surface area contributed by atoms with E-state index in [0.29, 0.717) is 19.8 Å². The van der Waals surface area contributed by atoms with Crippen molar-refractivity contribution in [2.24, 2.45) is 0 Å². The fourth-order valence-electron chi connectivity index (χ4n) is 1.60. The normalized spacial score (nSPS) is 13.1. The molecule has 5 heteroatoms. The third-order valence-corrected chi connectivity index (χ3v) is 5.93. The van der Waals surface area contributed by atoms with Gasteiger partial charge in [-0.2, -0.15) is 0 Å². The Morgan fingerprint density at radius 2 is 1.18 bits per heavy atom. The molecule has 0 heterocycles. The van der Waals surface area contributed by atoms with Gasteiger partial charge in [0, 0.05) is 25.4 Å². The Morgan fingerprint density at radius 1 is 0.824 bits per heavy atom. The van der Waals surface area contributed by atoms with Gasteiger partial charge in [-0.25, -0.2) is 0 Å². The molecule has 0 aromatic carbocycles. The number of nitrogens with one attached hydrogen (secondary N) is 1. The van der Waals surface area contributed by atoms with Crippen molar-refractivity contribution < 1.29 is 13.3 Å². The molecule has 0 unspecified atom stereocenters. The van der Waals surface area contributed by atoms with Crippen LogP contribution in [0.25, 0.3) is 0 Å². The van der Waals surface area contributed by atoms with Crippen LogP contribution in [-0.2, 0) is 13.3 Å². The smallest absolute Gasteiger partial charge is 0.361 e. The van der Waals surface area contributed by atoms with Crippen LogP contribution in [0.5, 0.6) is 0 Å². The van der Waals surface area contributed by atoms with Gasteiger partial charge in [0.05, 0.1) is 0 Å². The van der Waals surface area contributed by atoms with Gasteiger partial charge >= 0.3 is 8.97 Å². The molecule has 1 N–H and O–H groups in total. The Hall–Kier alpha value is 0.0569. The lowest BCUT2D eigenvalue weighted by atomic mass is 9.98. The lowest BCUT2D eigenvalue weighted by Crippen LogP contribution is -2.66. The summed E-state index contributed by atoms with van der Waals surface area (Å²) < 4.78 is 17.4. The van der Waals surface area contributed by atoms with Gasteiger partial charge in [-0.3, -0.25) is 4.98 Å². The van der Waals surface area contributed by atoms with Gasteiger partial charge in [-0.05, 0) is 40.5 Å². The van der Waals surface area contributed by atoms with Crippen molar-refractivity contribution in [1.29, 1.82) is 0 Å². The van der Waals surface area contributed by atoms with E-state index in [2.05, 4.69) is 25.8 Å². The monoisotopic (exact) mass is 263 g/mol. The molecular formula is C12H29NO3Si. The van der Waals surface area contributed by atoms with Gasteiger partial charge in [0.2, 0.25) is 0 Å². The van der Waals surface area contributed by atoms with Gasteiger partial charge in [0.1, 0.15) is 0 Å². The Balaban J connectivity index is 4.85. The minimum Gasteiger partial charge on any atom is -0.361 e. The maximum absolute atomic E-state index is 5.79. The zero-order chi connectivity index (χ0) is 13.4. The molecule has 0 rings (SSSR count). The molecule has 104 valence electrons. The SMILES string of the molecule is CCO[Si](NC(C)(CC)CC)(OCC)OCC. The second-order valence-corrected chi connectivity index (χ2v) is 6.48. The first-order chi connectivity index (χ1) is 8.01. The molecule has 0 aromatic rings. The zero-order valence-electron chi connectivity index (χ0n) is 12.3. The minimum absolute atomic E-state index is 0.00569. The average Bonchev–Trinajstić information content (AvgIpc) is 2.30. The Kier molecular flexibility index (Phi) is 8.24. The summed E-state index contributed by atoms with van der Waals surface area (Å²) in [5.41, 5.74) is 0.00569. The third-order valence-electron chi connectivity index (χ3n) is 3.02. The summed E-state index contributed by atoms with van der Waals surface area (Å²) in [4.78, 5) is 3.52. The standard InChI is InChI=1S/C12H29NO3Si/c1-7-12(6,8-2)13-17(14-9-3,15-10-4)16-11-5/h13H,7-11H2,1-6H3. The van der Waals surface area contributed by atoms with Gasteiger partial charge in [-0.15, -0.1) is 0 Å². The molecule has 0 saturated carbocycles. The van der Waals surface area contributed by atoms with E-state index >= 15 is 0 Å². The number of hydrogen-bond donors (Lipinski definition) is 1. The Morgan fingerprint density at radius 3 is 1.41 bits per heavy atom. The van der Waals surface area contributed by atoms with Crippen molar-refractivity contribution in [1.82, 2.24) is 4.98 Å². The van der Waals surface area contributed by atoms with Crippen LogP contribution in [0.2, 0.25) is 0 Å². The van der Waals surface area contributed by atoms with E-state index in [1.807, 2.05) is 20.8 Å². The summed E-state index contributed by atoms with van der Waals surface area (Å²) in [6.45, 7) is 14.2. The summed E-state index contributed by atoms with van der Waals surface area (Å²) in [6, 6.07) is 0. The largest absolute Gasteiger partial charge is 0.597 e. The first kappa shape index (κ1) is 17.1. The molecule has 0 amide bonds. The van der Waals surface area contributed by atoms with E-state index in [1.165, 1.54) is 0 Å². The molecule has 0 bridgehead atoms. The maximum atomic E-state index is 5.79. The molecule has 0 aliphatic rings. The highest BCUT2D eigenvalue weighted by atomic mass is 28.4. The van der Waals surface area contributed by atoms with E-state index in [4.69, 9.17) is 13.3 Å². The molecule has 0 aliphatic heterocycles. The minimum atomic E-state index is -2.72. The molecule has 4 nitrogen and oxygen atoms in total. The first-order valence-electron chi connectivity index (χ1n) is 6.72. The summed E-state index contributed by atoms with van der Waals surface area (Å²) in [6.07, 6.45) is 2.04. The van der Waals surface area contributed by atoms with Crippen LogP contribution in [0.3, 0.4) is 0 Å². The van der Waals surface area contributed by atoms with Crippen LogP contribution in [-0.4, -0.2) is 34.3 Å². The van der Waals surface area contributed by atoms with Gasteiger partial charge in [-0.1, -0.05) is 13.8 Å². The second-order valence-electron chi connectivity index (χ2n) is 4.25. The highest BCUT2D eigenvalue weighted by molar-refractivity contribution is 6.58. The van der Waals surface area contributed by atoms with Crippen LogP contribution >= 0.6 is 0 Å². The molecule has 17 heavy (non-hydrogen) atoms. The van der Waals surface area contributed by atoms with Crippen molar-refractivity contribution in [3.05, 3.63) is 0 Å². The molecule has 0 spiro atoms. The van der Waals surface area contributed by atoms with Crippen molar-refractivity contribution in [3.63, 3.8) is 0 Å². The third kappa shape index (κ3) is 5.48. The predicted molar refractivity (Wildman–Crippen MR) is 72.8 cm³/mol. The summed E-state index contributed by atoms with van der Waals surface area (Å²) in [5.74, 6) is 0. The molecule has 0 saturated heterocycles. The van der Waals surface area contributed by atoms with Crippen LogP contribution in [0.1, 0.15) is 54.4 Å². The lowest BCUT2D eigenvalue weighted by Gasteiger charge is -2.37. The highest BCUT2D eigenvalue weighted by Gasteiger charge is 2.46. The summed E-state index contributed by atoms with van der Waals surface area (Å²) in [7, 11) is -2.72. The number of hydrogen-bond acceptors (Lipinski definition) is 4. The van der Waals surface area contributed by atoms with Crippen molar-refractivity contribution in [2.45, 2.75) is 59.9 Å². The summed E-state index contributed by atoms with van der Waals surface area (Å²) in [5, 5.41) is 0. The van der Waals surface area contributed by atoms with E-state index in [0.717, 1.165) is 12.8 Å². The zero-order valence-corrected chi connectivity index (χ0v) is 13.3. The van der Waals surface area contributed by atoms with Crippen molar-refractivity contribution >= 4 is 8.97 Å². The molecule has 0 fully saturated rings. The second kappa shape index (κ2) is 8.21. The van der Waals surface area contributed by atoms with Crippen LogP contribution in [0, 0.1) is 0 Å². The van der Waals surface area contributed by atoms with Crippen molar-refractivity contribution in [3.8, 4) is 0 Å². The maximum Gasteiger partial charge on any atom is 0.597 e. The average molecular weight is 263 g/mol. The van der Waals surface area contributed by atoms with Gasteiger partial charge < -0.3 is 13.3 Å². The van der Waals surface area contributed by atoms with Crippen LogP contribution in [0.15, 0.2) is 0 Å². The Bertz CT molecular complexity index is 181. The molecule has 0 aliphatic carbocycles. The first-order valence-corrected chi connectivity index (χ1v) is 8.45.